The van der Waals surface area contributed by atoms with Gasteiger partial charge >= 0.3 is 0 Å². The molecule has 9 heteroatoms. The Morgan fingerprint density at radius 3 is 2.90 bits per heavy atom. The van der Waals surface area contributed by atoms with Crippen LogP contribution in [-0.4, -0.2) is 54.3 Å². The Morgan fingerprint density at radius 1 is 1.57 bits per heavy atom. The Kier molecular flexibility index (Phi) is 3.10. The lowest BCUT2D eigenvalue weighted by molar-refractivity contribution is -0.0664. The van der Waals surface area contributed by atoms with E-state index < -0.39 is 36.3 Å². The monoisotopic (exact) mass is 298 g/mol. The van der Waals surface area contributed by atoms with Crippen molar-refractivity contribution < 1.29 is 24.4 Å². The maximum atomic E-state index is 14.0. The summed E-state index contributed by atoms with van der Waals surface area (Å²) in [4.78, 5) is 3.70. The molecular formula is C12H15FN4O4. The fourth-order valence-electron chi connectivity index (χ4n) is 2.66. The third-order valence-electron chi connectivity index (χ3n) is 3.80. The summed E-state index contributed by atoms with van der Waals surface area (Å²) in [6, 6.07) is 1.12. The number of aliphatic hydroxyl groups excluding tert-OH is 2. The van der Waals surface area contributed by atoms with Crippen LogP contribution in [0.3, 0.4) is 0 Å². The molecule has 0 unspecified atom stereocenters. The second-order valence-electron chi connectivity index (χ2n) is 5.23. The highest BCUT2D eigenvalue weighted by Crippen LogP contribution is 2.42. The lowest BCUT2D eigenvalue weighted by Crippen LogP contribution is -2.43. The number of aliphatic hydroxyl groups is 3. The predicted octanol–water partition coefficient (Wildman–Crippen LogP) is -1.01. The van der Waals surface area contributed by atoms with Gasteiger partial charge in [0, 0.05) is 6.07 Å². The zero-order chi connectivity index (χ0) is 15.4. The van der Waals surface area contributed by atoms with Gasteiger partial charge in [0.05, 0.1) is 12.3 Å². The van der Waals surface area contributed by atoms with Crippen molar-refractivity contribution in [3.63, 3.8) is 0 Å². The van der Waals surface area contributed by atoms with Crippen molar-refractivity contribution in [3.05, 3.63) is 23.9 Å². The van der Waals surface area contributed by atoms with E-state index in [4.69, 9.17) is 10.5 Å². The van der Waals surface area contributed by atoms with Gasteiger partial charge in [0.25, 0.3) is 0 Å². The molecule has 21 heavy (non-hydrogen) atoms. The fourth-order valence-corrected chi connectivity index (χ4v) is 2.66. The Hall–Kier alpha value is -1.81. The number of nitrogens with two attached hydrogens (primary N) is 1. The van der Waals surface area contributed by atoms with Crippen molar-refractivity contribution in [1.29, 1.82) is 0 Å². The standard InChI is InChI=1S/C12H15FN4O4/c1-12(20)9(19)7(3-18)21-10(12)6-2-5(13)8-11(14)15-4-16-17(6)8/h2,4,7,9-10,18-20H,3H2,1H3,(H2,14,15,16)/t7-,9-,10+,12-/m1/s1. The fraction of sp³-hybridized carbons (Fsp3) is 0.500. The van der Waals surface area contributed by atoms with E-state index in [-0.39, 0.29) is 17.0 Å². The normalized spacial score (nSPS) is 32.9. The molecule has 1 aliphatic rings. The number of nitrogens with zero attached hydrogens (tertiary/aromatic N) is 3. The summed E-state index contributed by atoms with van der Waals surface area (Å²) in [6.07, 6.45) is -2.22. The van der Waals surface area contributed by atoms with Crippen LogP contribution in [0.5, 0.6) is 0 Å². The van der Waals surface area contributed by atoms with E-state index in [1.54, 1.807) is 0 Å². The van der Waals surface area contributed by atoms with Crippen LogP contribution < -0.4 is 5.73 Å². The van der Waals surface area contributed by atoms with E-state index in [1.807, 2.05) is 0 Å². The summed E-state index contributed by atoms with van der Waals surface area (Å²) in [6.45, 7) is 0.872. The van der Waals surface area contributed by atoms with Crippen LogP contribution >= 0.6 is 0 Å². The van der Waals surface area contributed by atoms with Crippen LogP contribution in [-0.2, 0) is 4.74 Å². The maximum Gasteiger partial charge on any atom is 0.154 e. The summed E-state index contributed by atoms with van der Waals surface area (Å²) in [5.74, 6) is -0.713. The molecule has 2 aromatic rings. The zero-order valence-corrected chi connectivity index (χ0v) is 11.1. The Bertz CT molecular complexity index is 689. The lowest BCUT2D eigenvalue weighted by atomic mass is 9.91. The SMILES string of the molecule is C[C@@]1(O)[C@H](O)[C@@H](CO)O[C@H]1c1cc(F)c2c(N)ncnn12. The summed E-state index contributed by atoms with van der Waals surface area (Å²) in [5.41, 5.74) is 4.04. The molecule has 1 fully saturated rings. The average molecular weight is 298 g/mol. The molecule has 4 atom stereocenters. The van der Waals surface area contributed by atoms with Gasteiger partial charge in [-0.1, -0.05) is 0 Å². The minimum absolute atomic E-state index is 0.0335. The molecule has 0 radical (unpaired) electrons. The molecule has 5 N–H and O–H groups in total. The topological polar surface area (TPSA) is 126 Å². The quantitative estimate of drug-likeness (QED) is 0.560. The Balaban J connectivity index is 2.15. The molecule has 3 rings (SSSR count). The summed E-state index contributed by atoms with van der Waals surface area (Å²) in [7, 11) is 0. The van der Waals surface area contributed by atoms with Gasteiger partial charge in [0.2, 0.25) is 0 Å². The number of aromatic nitrogens is 3. The van der Waals surface area contributed by atoms with E-state index in [0.717, 1.165) is 12.4 Å². The highest BCUT2D eigenvalue weighted by molar-refractivity contribution is 5.66. The molecule has 114 valence electrons. The number of hydrogen-bond acceptors (Lipinski definition) is 7. The number of nitrogen functional groups attached to an aromatic ring is 1. The number of ether oxygens (including phenoxy) is 1. The van der Waals surface area contributed by atoms with Crippen LogP contribution in [0, 0.1) is 5.82 Å². The smallest absolute Gasteiger partial charge is 0.154 e. The van der Waals surface area contributed by atoms with Gasteiger partial charge in [-0.15, -0.1) is 0 Å². The molecular weight excluding hydrogens is 283 g/mol. The summed E-state index contributed by atoms with van der Waals surface area (Å²) < 4.78 is 20.6. The van der Waals surface area contributed by atoms with Gasteiger partial charge in [0.1, 0.15) is 35.8 Å². The van der Waals surface area contributed by atoms with E-state index in [2.05, 4.69) is 10.1 Å². The van der Waals surface area contributed by atoms with Gasteiger partial charge in [-0.05, 0) is 6.92 Å². The molecule has 8 nitrogen and oxygen atoms in total. The van der Waals surface area contributed by atoms with Crippen LogP contribution in [0.15, 0.2) is 12.4 Å². The lowest BCUT2D eigenvalue weighted by Gasteiger charge is -2.26. The molecule has 1 saturated heterocycles. The van der Waals surface area contributed by atoms with Gasteiger partial charge in [-0.3, -0.25) is 0 Å². The summed E-state index contributed by atoms with van der Waals surface area (Å²) in [5, 5.41) is 33.5. The van der Waals surface area contributed by atoms with Crippen LogP contribution in [0.1, 0.15) is 18.7 Å². The summed E-state index contributed by atoms with van der Waals surface area (Å²) >= 11 is 0. The Morgan fingerprint density at radius 2 is 2.29 bits per heavy atom. The molecule has 0 aliphatic carbocycles. The van der Waals surface area contributed by atoms with E-state index in [0.29, 0.717) is 0 Å². The minimum atomic E-state index is -1.71. The Labute approximate surface area is 118 Å². The average Bonchev–Trinajstić information content (AvgIpc) is 2.87. The third-order valence-corrected chi connectivity index (χ3v) is 3.80. The second kappa shape index (κ2) is 4.60. The first kappa shape index (κ1) is 14.1. The van der Waals surface area contributed by atoms with E-state index >= 15 is 0 Å². The molecule has 0 aromatic carbocycles. The molecule has 0 saturated carbocycles. The molecule has 3 heterocycles. The number of fused-ring (bicyclic) bond motifs is 1. The first-order valence-electron chi connectivity index (χ1n) is 6.32. The highest BCUT2D eigenvalue weighted by atomic mass is 19.1. The van der Waals surface area contributed by atoms with Crippen molar-refractivity contribution in [3.8, 4) is 0 Å². The molecule has 0 bridgehead atoms. The number of halogens is 1. The van der Waals surface area contributed by atoms with Crippen molar-refractivity contribution in [2.45, 2.75) is 30.8 Å². The molecule has 0 spiro atoms. The predicted molar refractivity (Wildman–Crippen MR) is 68.7 cm³/mol. The van der Waals surface area contributed by atoms with Gasteiger partial charge in [-0.2, -0.15) is 5.10 Å². The zero-order valence-electron chi connectivity index (χ0n) is 11.1. The maximum absolute atomic E-state index is 14.0. The largest absolute Gasteiger partial charge is 0.394 e. The van der Waals surface area contributed by atoms with Gasteiger partial charge < -0.3 is 25.8 Å². The molecule has 2 aromatic heterocycles. The van der Waals surface area contributed by atoms with Gasteiger partial charge in [0.15, 0.2) is 11.6 Å². The first-order valence-corrected chi connectivity index (χ1v) is 6.32. The van der Waals surface area contributed by atoms with Crippen molar-refractivity contribution in [2.24, 2.45) is 0 Å². The minimum Gasteiger partial charge on any atom is -0.394 e. The van der Waals surface area contributed by atoms with Crippen LogP contribution in [0.4, 0.5) is 10.2 Å². The molecule has 0 amide bonds. The van der Waals surface area contributed by atoms with Crippen molar-refractivity contribution in [1.82, 2.24) is 14.6 Å². The number of rotatable bonds is 2. The van der Waals surface area contributed by atoms with Crippen LogP contribution in [0.2, 0.25) is 0 Å². The second-order valence-corrected chi connectivity index (χ2v) is 5.23. The number of anilines is 1. The number of hydrogen-bond donors (Lipinski definition) is 4. The van der Waals surface area contributed by atoms with Gasteiger partial charge in [-0.25, -0.2) is 13.9 Å². The highest BCUT2D eigenvalue weighted by Gasteiger charge is 2.53. The first-order chi connectivity index (χ1) is 9.87. The molecule has 1 aliphatic heterocycles. The van der Waals surface area contributed by atoms with Crippen LogP contribution in [0.25, 0.3) is 5.52 Å². The van der Waals surface area contributed by atoms with Crippen molar-refractivity contribution >= 4 is 11.3 Å². The van der Waals surface area contributed by atoms with E-state index in [1.165, 1.54) is 11.4 Å². The third kappa shape index (κ3) is 1.89. The van der Waals surface area contributed by atoms with E-state index in [9.17, 15) is 19.7 Å². The van der Waals surface area contributed by atoms with Crippen molar-refractivity contribution in [2.75, 3.05) is 12.3 Å².